The molecular weight excluding hydrogens is 334 g/mol. The monoisotopic (exact) mass is 379 g/mol. The van der Waals surface area contributed by atoms with E-state index in [4.69, 9.17) is 0 Å². The molecule has 2 saturated heterocycles. The molecule has 0 aromatic heterocycles. The van der Waals surface area contributed by atoms with Crippen molar-refractivity contribution in [3.05, 3.63) is 0 Å². The lowest BCUT2D eigenvalue weighted by Crippen LogP contribution is -2.67. The van der Waals surface area contributed by atoms with Crippen molar-refractivity contribution in [2.75, 3.05) is 32.7 Å². The zero-order valence-corrected chi connectivity index (χ0v) is 18.8. The van der Waals surface area contributed by atoms with E-state index < -0.39 is 5.60 Å². The molecule has 2 aliphatic heterocycles. The van der Waals surface area contributed by atoms with Crippen LogP contribution in [0.25, 0.3) is 0 Å². The predicted molar refractivity (Wildman–Crippen MR) is 114 cm³/mol. The van der Waals surface area contributed by atoms with Gasteiger partial charge in [-0.25, -0.2) is 0 Å². The number of hydrogen-bond donors (Lipinski definition) is 1. The molecule has 0 aromatic rings. The second-order valence-electron chi connectivity index (χ2n) is 10.9. The molecule has 1 aliphatic carbocycles. The van der Waals surface area contributed by atoms with Gasteiger partial charge >= 0.3 is 0 Å². The maximum Gasteiger partial charge on any atom is 0.0607 e. The first kappa shape index (κ1) is 21.5. The van der Waals surface area contributed by atoms with E-state index in [1.807, 2.05) is 13.8 Å². The van der Waals surface area contributed by atoms with E-state index >= 15 is 0 Å². The summed E-state index contributed by atoms with van der Waals surface area (Å²) in [5.41, 5.74) is -0.579. The fourth-order valence-corrected chi connectivity index (χ4v) is 5.70. The van der Waals surface area contributed by atoms with E-state index in [9.17, 15) is 5.11 Å². The first-order valence-corrected chi connectivity index (χ1v) is 11.6. The highest BCUT2D eigenvalue weighted by molar-refractivity contribution is 4.97. The molecule has 3 rings (SSSR count). The van der Waals surface area contributed by atoms with Crippen LogP contribution in [-0.2, 0) is 0 Å². The van der Waals surface area contributed by atoms with Crippen molar-refractivity contribution in [2.45, 2.75) is 103 Å². The van der Waals surface area contributed by atoms with Crippen molar-refractivity contribution in [3.63, 3.8) is 0 Å². The Kier molecular flexibility index (Phi) is 6.93. The number of hydrogen-bond acceptors (Lipinski definition) is 4. The first-order valence-electron chi connectivity index (χ1n) is 11.6. The molecular formula is C23H45N3O. The highest BCUT2D eigenvalue weighted by Crippen LogP contribution is 2.35. The third kappa shape index (κ3) is 5.46. The molecule has 0 bridgehead atoms. The summed E-state index contributed by atoms with van der Waals surface area (Å²) < 4.78 is 0. The minimum absolute atomic E-state index is 0.507. The molecule has 0 spiro atoms. The maximum atomic E-state index is 10.6. The van der Waals surface area contributed by atoms with E-state index in [-0.39, 0.29) is 0 Å². The van der Waals surface area contributed by atoms with Crippen molar-refractivity contribution in [1.82, 2.24) is 14.7 Å². The Bertz CT molecular complexity index is 459. The van der Waals surface area contributed by atoms with Crippen LogP contribution in [0.2, 0.25) is 0 Å². The first-order chi connectivity index (χ1) is 12.6. The van der Waals surface area contributed by atoms with Gasteiger partial charge in [-0.3, -0.25) is 14.7 Å². The van der Waals surface area contributed by atoms with Crippen molar-refractivity contribution in [2.24, 2.45) is 11.8 Å². The molecule has 2 heterocycles. The highest BCUT2D eigenvalue weighted by Gasteiger charge is 2.41. The molecule has 0 amide bonds. The van der Waals surface area contributed by atoms with Crippen molar-refractivity contribution < 1.29 is 5.11 Å². The molecule has 4 nitrogen and oxygen atoms in total. The van der Waals surface area contributed by atoms with Crippen LogP contribution in [0.15, 0.2) is 0 Å². The molecule has 27 heavy (non-hydrogen) atoms. The predicted octanol–water partition coefficient (Wildman–Crippen LogP) is 3.44. The largest absolute Gasteiger partial charge is 0.390 e. The van der Waals surface area contributed by atoms with Crippen molar-refractivity contribution in [1.29, 1.82) is 0 Å². The summed E-state index contributed by atoms with van der Waals surface area (Å²) in [6.07, 6.45) is 6.40. The fourth-order valence-electron chi connectivity index (χ4n) is 5.70. The Morgan fingerprint density at radius 1 is 0.889 bits per heavy atom. The molecule has 1 unspecified atom stereocenters. The van der Waals surface area contributed by atoms with Gasteiger partial charge in [0.05, 0.1) is 5.60 Å². The molecule has 0 radical (unpaired) electrons. The van der Waals surface area contributed by atoms with Crippen LogP contribution < -0.4 is 0 Å². The maximum absolute atomic E-state index is 10.6. The standard InChI is InChI=1S/C23H45N3O/c1-17(2)19-7-9-20(10-8-19)26-12-11-24(14-21(26)13-23(5,6)27)22-15-25(16-22)18(3)4/h17-22,27H,7-16H2,1-6H3. The molecule has 0 aromatic carbocycles. The Hall–Kier alpha value is -0.160. The Balaban J connectivity index is 1.59. The smallest absolute Gasteiger partial charge is 0.0607 e. The minimum atomic E-state index is -0.579. The van der Waals surface area contributed by atoms with Gasteiger partial charge in [-0.05, 0) is 71.6 Å². The average Bonchev–Trinajstić information content (AvgIpc) is 2.52. The van der Waals surface area contributed by atoms with Crippen LogP contribution in [0.4, 0.5) is 0 Å². The zero-order chi connectivity index (χ0) is 19.8. The number of nitrogens with zero attached hydrogens (tertiary/aromatic N) is 3. The van der Waals surface area contributed by atoms with E-state index in [1.54, 1.807) is 0 Å². The topological polar surface area (TPSA) is 30.0 Å². The average molecular weight is 380 g/mol. The van der Waals surface area contributed by atoms with Crippen LogP contribution in [0, 0.1) is 11.8 Å². The Labute approximate surface area is 168 Å². The Morgan fingerprint density at radius 2 is 1.52 bits per heavy atom. The molecule has 1 saturated carbocycles. The summed E-state index contributed by atoms with van der Waals surface area (Å²) in [6.45, 7) is 19.4. The summed E-state index contributed by atoms with van der Waals surface area (Å²) >= 11 is 0. The van der Waals surface area contributed by atoms with Gasteiger partial charge in [-0.15, -0.1) is 0 Å². The van der Waals surface area contributed by atoms with Crippen molar-refractivity contribution >= 4 is 0 Å². The van der Waals surface area contributed by atoms with E-state index in [0.717, 1.165) is 36.9 Å². The lowest BCUT2D eigenvalue weighted by molar-refractivity contribution is -0.0635. The van der Waals surface area contributed by atoms with Gasteiger partial charge in [-0.1, -0.05) is 13.8 Å². The number of rotatable bonds is 6. The highest BCUT2D eigenvalue weighted by atomic mass is 16.3. The van der Waals surface area contributed by atoms with E-state index in [2.05, 4.69) is 42.4 Å². The van der Waals surface area contributed by atoms with Gasteiger partial charge in [0, 0.05) is 56.9 Å². The molecule has 158 valence electrons. The quantitative estimate of drug-likeness (QED) is 0.766. The molecule has 4 heteroatoms. The summed E-state index contributed by atoms with van der Waals surface area (Å²) in [7, 11) is 0. The summed E-state index contributed by atoms with van der Waals surface area (Å²) in [4.78, 5) is 8.10. The molecule has 1 atom stereocenters. The third-order valence-corrected chi connectivity index (χ3v) is 7.59. The number of likely N-dealkylation sites (tertiary alicyclic amines) is 1. The number of aliphatic hydroxyl groups is 1. The number of piperazine rings is 1. The third-order valence-electron chi connectivity index (χ3n) is 7.59. The van der Waals surface area contributed by atoms with Gasteiger partial charge in [0.15, 0.2) is 0 Å². The lowest BCUT2D eigenvalue weighted by Gasteiger charge is -2.54. The summed E-state index contributed by atoms with van der Waals surface area (Å²) in [6, 6.07) is 2.65. The summed E-state index contributed by atoms with van der Waals surface area (Å²) in [5.74, 6) is 1.75. The van der Waals surface area contributed by atoms with Gasteiger partial charge in [0.25, 0.3) is 0 Å². The second kappa shape index (κ2) is 8.69. The molecule has 1 N–H and O–H groups in total. The van der Waals surface area contributed by atoms with Crippen LogP contribution in [0.3, 0.4) is 0 Å². The SMILES string of the molecule is CC(C)C1CCC(N2CCN(C3CN(C(C)C)C3)CC2CC(C)(C)O)CC1. The summed E-state index contributed by atoms with van der Waals surface area (Å²) in [5, 5.41) is 10.6. The van der Waals surface area contributed by atoms with E-state index in [1.165, 1.54) is 51.9 Å². The fraction of sp³-hybridized carbons (Fsp3) is 1.00. The van der Waals surface area contributed by atoms with Gasteiger partial charge in [0.1, 0.15) is 0 Å². The molecule has 3 fully saturated rings. The van der Waals surface area contributed by atoms with Crippen LogP contribution in [-0.4, -0.2) is 82.3 Å². The van der Waals surface area contributed by atoms with Gasteiger partial charge in [-0.2, -0.15) is 0 Å². The van der Waals surface area contributed by atoms with Crippen molar-refractivity contribution in [3.8, 4) is 0 Å². The van der Waals surface area contributed by atoms with Crippen LogP contribution >= 0.6 is 0 Å². The van der Waals surface area contributed by atoms with Crippen LogP contribution in [0.1, 0.15) is 73.6 Å². The van der Waals surface area contributed by atoms with Crippen LogP contribution in [0.5, 0.6) is 0 Å². The van der Waals surface area contributed by atoms with Gasteiger partial charge < -0.3 is 5.11 Å². The normalized spacial score (nSPS) is 33.0. The molecule has 3 aliphatic rings. The Morgan fingerprint density at radius 3 is 2.04 bits per heavy atom. The minimum Gasteiger partial charge on any atom is -0.390 e. The zero-order valence-electron chi connectivity index (χ0n) is 18.8. The van der Waals surface area contributed by atoms with E-state index in [0.29, 0.717) is 12.1 Å². The second-order valence-corrected chi connectivity index (χ2v) is 10.9. The van der Waals surface area contributed by atoms with Gasteiger partial charge in [0.2, 0.25) is 0 Å². The lowest BCUT2D eigenvalue weighted by atomic mass is 9.78.